The average molecular weight is 262 g/mol. The minimum absolute atomic E-state index is 0.104. The topological polar surface area (TPSA) is 102 Å². The third kappa shape index (κ3) is 2.67. The second-order valence-corrected chi connectivity index (χ2v) is 3.09. The number of carbonyl (C=O) groups is 1. The summed E-state index contributed by atoms with van der Waals surface area (Å²) in [6.07, 6.45) is -3.06. The fourth-order valence-corrected chi connectivity index (χ4v) is 1.24. The number of aromatic nitrogens is 1. The molecule has 1 rings (SSSR count). The van der Waals surface area contributed by atoms with E-state index in [1.54, 1.807) is 4.98 Å². The molecule has 0 spiro atoms. The lowest BCUT2D eigenvalue weighted by Gasteiger charge is -2.05. The number of H-pyrrole nitrogens is 1. The fraction of sp³-hybridized carbons (Fsp3) is 0.333. The Morgan fingerprint density at radius 2 is 2.22 bits per heavy atom. The van der Waals surface area contributed by atoms with Gasteiger partial charge < -0.3 is 9.72 Å². The molecule has 1 N–H and O–H groups in total. The van der Waals surface area contributed by atoms with Crippen molar-refractivity contribution in [1.29, 1.82) is 0 Å². The van der Waals surface area contributed by atoms with Crippen molar-refractivity contribution in [2.24, 2.45) is 0 Å². The molecule has 0 amide bonds. The maximum atomic E-state index is 12.4. The van der Waals surface area contributed by atoms with Crippen molar-refractivity contribution in [3.05, 3.63) is 37.8 Å². The number of nitro groups is 1. The Kier molecular flexibility index (Phi) is 4.08. The summed E-state index contributed by atoms with van der Waals surface area (Å²) in [6.45, 7) is 1.33. The number of alkyl halides is 2. The molecule has 0 aliphatic carbocycles. The summed E-state index contributed by atoms with van der Waals surface area (Å²) in [5.41, 5.74) is -4.16. The first-order valence-electron chi connectivity index (χ1n) is 4.75. The van der Waals surface area contributed by atoms with E-state index in [1.807, 2.05) is 0 Å². The van der Waals surface area contributed by atoms with E-state index >= 15 is 0 Å². The molecule has 0 aliphatic heterocycles. The zero-order chi connectivity index (χ0) is 13.9. The molecule has 98 valence electrons. The normalized spacial score (nSPS) is 10.4. The molecule has 0 fully saturated rings. The molecule has 0 radical (unpaired) electrons. The number of hydrogen-bond donors (Lipinski definition) is 1. The van der Waals surface area contributed by atoms with E-state index in [1.165, 1.54) is 6.92 Å². The first kappa shape index (κ1) is 13.7. The largest absolute Gasteiger partial charge is 0.462 e. The highest BCUT2D eigenvalue weighted by molar-refractivity contribution is 5.93. The Balaban J connectivity index is 3.48. The van der Waals surface area contributed by atoms with Crippen LogP contribution in [0.4, 0.5) is 14.5 Å². The molecular formula is C9H8F2N2O5. The molecule has 18 heavy (non-hydrogen) atoms. The van der Waals surface area contributed by atoms with Gasteiger partial charge in [0.1, 0.15) is 5.56 Å². The quantitative estimate of drug-likeness (QED) is 0.502. The molecule has 0 atom stereocenters. The number of aromatic amines is 1. The zero-order valence-corrected chi connectivity index (χ0v) is 9.11. The Morgan fingerprint density at radius 1 is 1.61 bits per heavy atom. The standard InChI is InChI=1S/C9H8F2N2O5/c1-2-18-9(15)4-3-5(7(10)11)12-8(14)6(4)13(16)17/h3,7H,2H2,1H3,(H,12,14). The number of hydrogen-bond acceptors (Lipinski definition) is 5. The van der Waals surface area contributed by atoms with Crippen molar-refractivity contribution in [1.82, 2.24) is 4.98 Å². The van der Waals surface area contributed by atoms with Crippen LogP contribution in [0, 0.1) is 10.1 Å². The van der Waals surface area contributed by atoms with E-state index < -0.39 is 39.8 Å². The number of esters is 1. The molecule has 0 aliphatic rings. The van der Waals surface area contributed by atoms with Gasteiger partial charge in [0, 0.05) is 0 Å². The Hall–Kier alpha value is -2.32. The molecule has 9 heteroatoms. The lowest BCUT2D eigenvalue weighted by atomic mass is 10.2. The molecule has 0 aromatic carbocycles. The molecule has 0 saturated heterocycles. The number of carbonyl (C=O) groups excluding carboxylic acids is 1. The minimum atomic E-state index is -3.06. The van der Waals surface area contributed by atoms with Crippen molar-refractivity contribution in [2.75, 3.05) is 6.61 Å². The monoisotopic (exact) mass is 262 g/mol. The molecule has 1 heterocycles. The molecular weight excluding hydrogens is 254 g/mol. The van der Waals surface area contributed by atoms with Gasteiger partial charge in [-0.25, -0.2) is 13.6 Å². The molecule has 0 unspecified atom stereocenters. The van der Waals surface area contributed by atoms with Gasteiger partial charge in [-0.15, -0.1) is 0 Å². The highest BCUT2D eigenvalue weighted by Gasteiger charge is 2.28. The fourth-order valence-electron chi connectivity index (χ4n) is 1.24. The van der Waals surface area contributed by atoms with Gasteiger partial charge in [-0.05, 0) is 13.0 Å². The zero-order valence-electron chi connectivity index (χ0n) is 9.11. The lowest BCUT2D eigenvalue weighted by Crippen LogP contribution is -2.20. The van der Waals surface area contributed by atoms with Crippen LogP contribution in [-0.4, -0.2) is 22.5 Å². The van der Waals surface area contributed by atoms with Crippen molar-refractivity contribution in [3.8, 4) is 0 Å². The van der Waals surface area contributed by atoms with Crippen LogP contribution in [0.2, 0.25) is 0 Å². The molecule has 1 aromatic heterocycles. The summed E-state index contributed by atoms with van der Waals surface area (Å²) < 4.78 is 29.3. The summed E-state index contributed by atoms with van der Waals surface area (Å²) >= 11 is 0. The highest BCUT2D eigenvalue weighted by atomic mass is 19.3. The van der Waals surface area contributed by atoms with Gasteiger partial charge in [0.15, 0.2) is 0 Å². The van der Waals surface area contributed by atoms with Crippen LogP contribution in [0.5, 0.6) is 0 Å². The van der Waals surface area contributed by atoms with E-state index in [4.69, 9.17) is 0 Å². The van der Waals surface area contributed by atoms with Gasteiger partial charge in [0.05, 0.1) is 17.2 Å². The highest BCUT2D eigenvalue weighted by Crippen LogP contribution is 2.21. The number of rotatable bonds is 4. The maximum Gasteiger partial charge on any atom is 0.348 e. The predicted octanol–water partition coefficient (Wildman–Crippen LogP) is 1.40. The van der Waals surface area contributed by atoms with Crippen molar-refractivity contribution >= 4 is 11.7 Å². The average Bonchev–Trinajstić information content (AvgIpc) is 2.27. The van der Waals surface area contributed by atoms with Crippen LogP contribution >= 0.6 is 0 Å². The first-order valence-corrected chi connectivity index (χ1v) is 4.75. The first-order chi connectivity index (χ1) is 8.38. The van der Waals surface area contributed by atoms with E-state index in [0.717, 1.165) is 0 Å². The van der Waals surface area contributed by atoms with Crippen molar-refractivity contribution in [3.63, 3.8) is 0 Å². The smallest absolute Gasteiger partial charge is 0.348 e. The second kappa shape index (κ2) is 5.34. The molecule has 0 bridgehead atoms. The van der Waals surface area contributed by atoms with Gasteiger partial charge in [0.2, 0.25) is 0 Å². The van der Waals surface area contributed by atoms with Gasteiger partial charge in [0.25, 0.3) is 6.43 Å². The summed E-state index contributed by atoms with van der Waals surface area (Å²) in [4.78, 5) is 33.8. The summed E-state index contributed by atoms with van der Waals surface area (Å²) in [7, 11) is 0. The van der Waals surface area contributed by atoms with Crippen LogP contribution in [0.3, 0.4) is 0 Å². The van der Waals surface area contributed by atoms with Gasteiger partial charge in [-0.1, -0.05) is 0 Å². The molecule has 7 nitrogen and oxygen atoms in total. The third-order valence-electron chi connectivity index (χ3n) is 1.94. The van der Waals surface area contributed by atoms with Crippen LogP contribution in [-0.2, 0) is 4.74 Å². The lowest BCUT2D eigenvalue weighted by molar-refractivity contribution is -0.386. The van der Waals surface area contributed by atoms with Gasteiger partial charge >= 0.3 is 17.2 Å². The van der Waals surface area contributed by atoms with Crippen molar-refractivity contribution in [2.45, 2.75) is 13.3 Å². The van der Waals surface area contributed by atoms with E-state index in [-0.39, 0.29) is 6.61 Å². The van der Waals surface area contributed by atoms with E-state index in [0.29, 0.717) is 6.07 Å². The summed E-state index contributed by atoms with van der Waals surface area (Å²) in [5.74, 6) is -1.20. The number of nitrogens with zero attached hydrogens (tertiary/aromatic N) is 1. The molecule has 1 aromatic rings. The number of ether oxygens (including phenoxy) is 1. The molecule has 0 saturated carbocycles. The second-order valence-electron chi connectivity index (χ2n) is 3.09. The Labute approximate surface area is 98.5 Å². The number of pyridine rings is 1. The SMILES string of the molecule is CCOC(=O)c1cc(C(F)F)[nH]c(=O)c1[N+](=O)[O-]. The Bertz CT molecular complexity index is 540. The van der Waals surface area contributed by atoms with Crippen LogP contribution in [0.15, 0.2) is 10.9 Å². The van der Waals surface area contributed by atoms with Crippen LogP contribution in [0.25, 0.3) is 0 Å². The predicted molar refractivity (Wildman–Crippen MR) is 54.6 cm³/mol. The maximum absolute atomic E-state index is 12.4. The van der Waals surface area contributed by atoms with E-state index in [2.05, 4.69) is 4.74 Å². The van der Waals surface area contributed by atoms with Gasteiger partial charge in [-0.3, -0.25) is 14.9 Å². The van der Waals surface area contributed by atoms with Crippen molar-refractivity contribution < 1.29 is 23.2 Å². The van der Waals surface area contributed by atoms with E-state index in [9.17, 15) is 28.5 Å². The summed E-state index contributed by atoms with van der Waals surface area (Å²) in [6, 6.07) is 0.544. The van der Waals surface area contributed by atoms with Gasteiger partial charge in [-0.2, -0.15) is 0 Å². The minimum Gasteiger partial charge on any atom is -0.462 e. The van der Waals surface area contributed by atoms with Crippen LogP contribution < -0.4 is 5.56 Å². The summed E-state index contributed by atoms with van der Waals surface area (Å²) in [5, 5.41) is 10.6. The number of halogens is 2. The Morgan fingerprint density at radius 3 is 2.67 bits per heavy atom. The van der Waals surface area contributed by atoms with Crippen LogP contribution in [0.1, 0.15) is 29.4 Å². The number of nitrogens with one attached hydrogen (secondary N) is 1. The third-order valence-corrected chi connectivity index (χ3v) is 1.94.